The van der Waals surface area contributed by atoms with Crippen LogP contribution < -0.4 is 5.32 Å². The largest absolute Gasteiger partial charge is 0.394 e. The van der Waals surface area contributed by atoms with Gasteiger partial charge in [0.15, 0.2) is 17.0 Å². The number of fused-ring (bicyclic) bond motifs is 6. The van der Waals surface area contributed by atoms with Gasteiger partial charge in [-0.05, 0) is 32.7 Å². The molecule has 1 aliphatic carbocycles. The molecule has 6 N–H and O–H groups in total. The predicted molar refractivity (Wildman–Crippen MR) is 142 cm³/mol. The molecule has 7 atom stereocenters. The van der Waals surface area contributed by atoms with Gasteiger partial charge in [-0.2, -0.15) is 0 Å². The summed E-state index contributed by atoms with van der Waals surface area (Å²) in [6.45, 7) is -0.304. The van der Waals surface area contributed by atoms with Crippen molar-refractivity contribution in [1.82, 2.24) is 19.5 Å². The molecule has 0 unspecified atom stereocenters. The first-order valence-electron chi connectivity index (χ1n) is 12.8. The second-order valence-corrected chi connectivity index (χ2v) is 10.2. The zero-order chi connectivity index (χ0) is 26.8. The first-order valence-corrected chi connectivity index (χ1v) is 12.8. The number of hydrogen-bond acceptors (Lipinski definition) is 10. The van der Waals surface area contributed by atoms with Gasteiger partial charge in [0.05, 0.1) is 25.1 Å². The molecule has 5 aromatic rings. The molecular formula is C28H27N5O6. The second-order valence-electron chi connectivity index (χ2n) is 10.2. The Balaban J connectivity index is 1.36. The molecule has 0 radical (unpaired) electrons. The molecule has 1 fully saturated rings. The Labute approximate surface area is 222 Å². The van der Waals surface area contributed by atoms with Gasteiger partial charge in [0.2, 0.25) is 0 Å². The van der Waals surface area contributed by atoms with Crippen LogP contribution in [0.4, 0.5) is 5.82 Å². The third-order valence-electron chi connectivity index (χ3n) is 7.97. The maximum atomic E-state index is 11.3. The Bertz CT molecular complexity index is 1710. The summed E-state index contributed by atoms with van der Waals surface area (Å²) in [6, 6.07) is 14.8. The highest BCUT2D eigenvalue weighted by Crippen LogP contribution is 2.44. The average molecular weight is 530 g/mol. The SMILES string of the molecule is OC[C@H]1O[C@@H](n2cnc3c(N[C@H]4c5c(ccc6ccc7ccccc7c56)[C@@H](O)[C@H](O)[C@@H]4O)ncnc32)C[C@@H]1O. The van der Waals surface area contributed by atoms with Crippen molar-refractivity contribution in [2.45, 2.75) is 49.2 Å². The maximum Gasteiger partial charge on any atom is 0.167 e. The monoisotopic (exact) mass is 529 g/mol. The van der Waals surface area contributed by atoms with Crippen molar-refractivity contribution in [2.24, 2.45) is 0 Å². The molecule has 7 rings (SSSR count). The number of aromatic nitrogens is 4. The number of rotatable bonds is 4. The zero-order valence-electron chi connectivity index (χ0n) is 20.7. The number of aliphatic hydroxyl groups excluding tert-OH is 5. The molecule has 0 saturated carbocycles. The summed E-state index contributed by atoms with van der Waals surface area (Å²) < 4.78 is 7.46. The quantitative estimate of drug-likeness (QED) is 0.189. The van der Waals surface area contributed by atoms with Gasteiger partial charge in [-0.3, -0.25) is 4.57 Å². The Hall–Kier alpha value is -3.71. The van der Waals surface area contributed by atoms with E-state index >= 15 is 0 Å². The summed E-state index contributed by atoms with van der Waals surface area (Å²) in [5.74, 6) is 0.326. The minimum atomic E-state index is -1.43. The smallest absolute Gasteiger partial charge is 0.167 e. The molecule has 0 spiro atoms. The van der Waals surface area contributed by atoms with Crippen molar-refractivity contribution >= 4 is 38.5 Å². The number of nitrogens with one attached hydrogen (secondary N) is 1. The Morgan fingerprint density at radius 2 is 1.72 bits per heavy atom. The predicted octanol–water partition coefficient (Wildman–Crippen LogP) is 1.70. The maximum absolute atomic E-state index is 11.3. The molecule has 3 heterocycles. The number of hydrogen-bond donors (Lipinski definition) is 6. The standard InChI is InChI=1S/C28H27N5O6/c34-10-18-17(35)9-19(39-18)33-12-31-23-27(29-11-30-28(23)33)32-22-21-16(24(36)26(38)25(22)37)8-7-14-6-5-13-3-1-2-4-15(13)20(14)21/h1-8,11-12,17-19,22,24-26,34-38H,9-10H2,(H,29,30,32)/t17-,18+,19+,22-,24+,25+,26-/m0/s1. The van der Waals surface area contributed by atoms with E-state index in [9.17, 15) is 25.5 Å². The van der Waals surface area contributed by atoms with Gasteiger partial charge in [0.1, 0.15) is 37.0 Å². The molecule has 11 heteroatoms. The molecule has 0 amide bonds. The normalized spacial score (nSPS) is 28.8. The third kappa shape index (κ3) is 3.70. The Kier molecular flexibility index (Phi) is 5.74. The van der Waals surface area contributed by atoms with E-state index < -0.39 is 42.8 Å². The zero-order valence-corrected chi connectivity index (χ0v) is 20.7. The van der Waals surface area contributed by atoms with Crippen molar-refractivity contribution < 1.29 is 30.3 Å². The summed E-state index contributed by atoms with van der Waals surface area (Å²) in [6.07, 6.45) is -2.99. The molecular weight excluding hydrogens is 502 g/mol. The molecule has 2 aliphatic rings. The topological polar surface area (TPSA) is 166 Å². The van der Waals surface area contributed by atoms with E-state index in [4.69, 9.17) is 4.74 Å². The van der Waals surface area contributed by atoms with E-state index in [-0.39, 0.29) is 13.0 Å². The van der Waals surface area contributed by atoms with Gasteiger partial charge in [0, 0.05) is 6.42 Å². The van der Waals surface area contributed by atoms with E-state index in [1.165, 1.54) is 12.7 Å². The summed E-state index contributed by atoms with van der Waals surface area (Å²) in [5, 5.41) is 59.8. The number of ether oxygens (including phenoxy) is 1. The van der Waals surface area contributed by atoms with Crippen LogP contribution in [-0.4, -0.2) is 76.1 Å². The van der Waals surface area contributed by atoms with Gasteiger partial charge in [-0.15, -0.1) is 0 Å². The second kappa shape index (κ2) is 9.19. The van der Waals surface area contributed by atoms with E-state index in [0.717, 1.165) is 21.5 Å². The van der Waals surface area contributed by atoms with Crippen LogP contribution in [0, 0.1) is 0 Å². The van der Waals surface area contributed by atoms with Gasteiger partial charge in [0.25, 0.3) is 0 Å². The highest BCUT2D eigenvalue weighted by Gasteiger charge is 2.42. The first kappa shape index (κ1) is 24.3. The van der Waals surface area contributed by atoms with Crippen molar-refractivity contribution in [3.05, 3.63) is 72.3 Å². The Morgan fingerprint density at radius 1 is 0.923 bits per heavy atom. The van der Waals surface area contributed by atoms with Crippen LogP contribution in [0.1, 0.15) is 35.9 Å². The van der Waals surface area contributed by atoms with Gasteiger partial charge in [-0.1, -0.05) is 48.5 Å². The fraction of sp³-hybridized carbons (Fsp3) is 0.321. The van der Waals surface area contributed by atoms with Crippen LogP contribution in [0.2, 0.25) is 0 Å². The number of nitrogens with zero attached hydrogens (tertiary/aromatic N) is 4. The first-order chi connectivity index (χ1) is 19.0. The minimum Gasteiger partial charge on any atom is -0.394 e. The fourth-order valence-corrected chi connectivity index (χ4v) is 6.00. The molecule has 3 aromatic carbocycles. The molecule has 2 aromatic heterocycles. The van der Waals surface area contributed by atoms with Crippen molar-refractivity contribution in [1.29, 1.82) is 0 Å². The van der Waals surface area contributed by atoms with E-state index in [1.54, 1.807) is 10.6 Å². The minimum absolute atomic E-state index is 0.265. The number of anilines is 1. The molecule has 0 bridgehead atoms. The summed E-state index contributed by atoms with van der Waals surface area (Å²) in [4.78, 5) is 13.3. The van der Waals surface area contributed by atoms with Crippen LogP contribution in [0.5, 0.6) is 0 Å². The van der Waals surface area contributed by atoms with Crippen LogP contribution in [0.15, 0.2) is 61.2 Å². The van der Waals surface area contributed by atoms with Crippen LogP contribution in [0.25, 0.3) is 32.7 Å². The summed E-state index contributed by atoms with van der Waals surface area (Å²) in [5.41, 5.74) is 2.04. The highest BCUT2D eigenvalue weighted by atomic mass is 16.5. The van der Waals surface area contributed by atoms with Gasteiger partial charge >= 0.3 is 0 Å². The summed E-state index contributed by atoms with van der Waals surface area (Å²) >= 11 is 0. The highest BCUT2D eigenvalue weighted by molar-refractivity contribution is 6.10. The molecule has 11 nitrogen and oxygen atoms in total. The van der Waals surface area contributed by atoms with Crippen molar-refractivity contribution in [3.63, 3.8) is 0 Å². The van der Waals surface area contributed by atoms with Crippen LogP contribution in [-0.2, 0) is 4.74 Å². The molecule has 39 heavy (non-hydrogen) atoms. The lowest BCUT2D eigenvalue weighted by Crippen LogP contribution is -2.44. The van der Waals surface area contributed by atoms with Crippen molar-refractivity contribution in [2.75, 3.05) is 11.9 Å². The third-order valence-corrected chi connectivity index (χ3v) is 7.97. The van der Waals surface area contributed by atoms with E-state index in [0.29, 0.717) is 28.1 Å². The lowest BCUT2D eigenvalue weighted by atomic mass is 9.78. The lowest BCUT2D eigenvalue weighted by Gasteiger charge is -2.38. The molecule has 1 saturated heterocycles. The molecule has 200 valence electrons. The van der Waals surface area contributed by atoms with Gasteiger partial charge in [-0.25, -0.2) is 15.0 Å². The number of imidazole rings is 1. The van der Waals surface area contributed by atoms with Crippen LogP contribution >= 0.6 is 0 Å². The van der Waals surface area contributed by atoms with E-state index in [2.05, 4.69) is 20.3 Å². The van der Waals surface area contributed by atoms with Crippen molar-refractivity contribution in [3.8, 4) is 0 Å². The fourth-order valence-electron chi connectivity index (χ4n) is 6.00. The summed E-state index contributed by atoms with van der Waals surface area (Å²) in [7, 11) is 0. The number of benzene rings is 3. The molecule has 1 aliphatic heterocycles. The van der Waals surface area contributed by atoms with Crippen LogP contribution in [0.3, 0.4) is 0 Å². The lowest BCUT2D eigenvalue weighted by molar-refractivity contribution is -0.0766. The Morgan fingerprint density at radius 3 is 2.54 bits per heavy atom. The van der Waals surface area contributed by atoms with Gasteiger partial charge < -0.3 is 35.6 Å². The average Bonchev–Trinajstić information content (AvgIpc) is 3.56. The van der Waals surface area contributed by atoms with E-state index in [1.807, 2.05) is 42.5 Å². The number of aliphatic hydroxyl groups is 5.